The molecule has 0 radical (unpaired) electrons. The molecule has 6 aliphatic rings. The van der Waals surface area contributed by atoms with Crippen molar-refractivity contribution in [3.8, 4) is 111 Å². The molecule has 18 heteroatoms. The van der Waals surface area contributed by atoms with Crippen LogP contribution in [0.2, 0.25) is 0 Å². The standard InChI is InChI=1S/4C10H13N.2C9H12N2.C9H15NO.3C9H11NO.C8H12O2/c1-5-9-6-8(7-11-9)10(2,3)4;2*1-5-9-8(6-7-11-9)10(2,3)4;1-5-8-6-7-9(11-8)10(2,3)4;1-5-8-10-6-7(11-8)9(2,3)4;1-5-7-6-8(11-10-7)9(2,3)4;1-9(2,3)10-7-5-4-6-8(10)11;1-5-8-10-7(6-11-8)9(2,3)4;1-5-8-7(6-11-10-8)9(2,3)4;1-5-7-6-8(11-10-7)9(2,3)4;1-6(2)7-4-3-5-8(9)10-7/h3*1,6H,7H2,2-4H3;1,7H,6H2,2-4H3;2*1,6H,2-4H3,(H,10,11);4-5H,6-7H2,1-3H3;3*1,6H,2-4H3;3,5-7H,4H2,1-2H3. The predicted molar refractivity (Wildman–Crippen MR) is 498 cm³/mol. The highest BCUT2D eigenvalue weighted by Crippen LogP contribution is 2.33. The molecule has 0 saturated heterocycles. The van der Waals surface area contributed by atoms with Crippen LogP contribution in [-0.4, -0.2) is 113 Å². The summed E-state index contributed by atoms with van der Waals surface area (Å²) in [5.74, 6) is 24.7. The van der Waals surface area contributed by atoms with Crippen LogP contribution in [0.3, 0.4) is 0 Å². The number of esters is 1. The number of imidazole rings is 1. The highest BCUT2D eigenvalue weighted by molar-refractivity contribution is 6.15. The third-order valence-corrected chi connectivity index (χ3v) is 17.8. The lowest BCUT2D eigenvalue weighted by Crippen LogP contribution is -2.46. The zero-order valence-corrected chi connectivity index (χ0v) is 78.2. The molecule has 1 atom stereocenters. The Kier molecular flexibility index (Phi) is 41.1. The number of terminal acetylenes is 9. The van der Waals surface area contributed by atoms with Crippen LogP contribution in [0.1, 0.15) is 298 Å². The number of cyclic esters (lactones) is 1. The van der Waals surface area contributed by atoms with Crippen LogP contribution in [0.15, 0.2) is 135 Å². The summed E-state index contributed by atoms with van der Waals surface area (Å²) in [7, 11) is 0. The van der Waals surface area contributed by atoms with Gasteiger partial charge in [-0.2, -0.15) is 5.10 Å². The van der Waals surface area contributed by atoms with Crippen LogP contribution in [-0.2, 0) is 41.4 Å². The molecule has 120 heavy (non-hydrogen) atoms. The molecular weight excluding hydrogens is 1490 g/mol. The number of aromatic nitrogens is 7. The van der Waals surface area contributed by atoms with E-state index in [1.165, 1.54) is 22.8 Å². The number of rotatable bonds is 1. The largest absolute Gasteiger partial charge is 0.459 e. The monoisotopic (exact) mass is 1630 g/mol. The molecular formula is C102H136N12O6. The van der Waals surface area contributed by atoms with E-state index in [-0.39, 0.29) is 72.3 Å². The fourth-order valence-corrected chi connectivity index (χ4v) is 10.3. The second kappa shape index (κ2) is 46.5. The number of carbonyl (C=O) groups excluding carboxylic acids is 2. The normalized spacial score (nSPS) is 15.3. The van der Waals surface area contributed by atoms with Crippen molar-refractivity contribution in [3.63, 3.8) is 0 Å². The van der Waals surface area contributed by atoms with E-state index in [2.05, 4.69) is 328 Å². The van der Waals surface area contributed by atoms with Gasteiger partial charge < -0.3 is 28.1 Å². The molecule has 0 spiro atoms. The molecule has 0 aliphatic carbocycles. The Morgan fingerprint density at radius 1 is 0.542 bits per heavy atom. The number of nitrogens with one attached hydrogen (secondary N) is 2. The number of nitrogens with zero attached hydrogens (tertiary/aromatic N) is 10. The van der Waals surface area contributed by atoms with Crippen LogP contribution in [0.4, 0.5) is 0 Å². The van der Waals surface area contributed by atoms with Gasteiger partial charge in [0.25, 0.3) is 5.89 Å². The lowest BCUT2D eigenvalue weighted by atomic mass is 9.84. The second-order valence-electron chi connectivity index (χ2n) is 39.1. The van der Waals surface area contributed by atoms with Gasteiger partial charge >= 0.3 is 5.97 Å². The molecule has 0 fully saturated rings. The Labute approximate surface area is 722 Å². The lowest BCUT2D eigenvalue weighted by Gasteiger charge is -2.36. The zero-order valence-electron chi connectivity index (χ0n) is 78.2. The number of amides is 1. The van der Waals surface area contributed by atoms with Crippen LogP contribution in [0, 0.1) is 139 Å². The number of carbonyl (C=O) groups is 2. The van der Waals surface area contributed by atoms with E-state index in [9.17, 15) is 9.59 Å². The van der Waals surface area contributed by atoms with Crippen molar-refractivity contribution in [1.29, 1.82) is 0 Å². The summed E-state index contributed by atoms with van der Waals surface area (Å²) in [6.07, 6.45) is 69.9. The Morgan fingerprint density at radius 3 is 1.40 bits per heavy atom. The van der Waals surface area contributed by atoms with Crippen LogP contribution in [0.5, 0.6) is 0 Å². The molecule has 18 nitrogen and oxygen atoms in total. The first-order valence-electron chi connectivity index (χ1n) is 40.2. The number of ether oxygens (including phenoxy) is 1. The minimum Gasteiger partial charge on any atom is -0.459 e. The second-order valence-corrected chi connectivity index (χ2v) is 39.1. The smallest absolute Gasteiger partial charge is 0.330 e. The molecule has 0 aromatic carbocycles. The number of allylic oxidation sites excluding steroid dienone is 5. The summed E-state index contributed by atoms with van der Waals surface area (Å²) in [6, 6.07) is 3.69. The van der Waals surface area contributed by atoms with E-state index >= 15 is 0 Å². The predicted octanol–water partition coefficient (Wildman–Crippen LogP) is 20.9. The summed E-state index contributed by atoms with van der Waals surface area (Å²) in [5, 5.41) is 14.2. The number of hydrogen-bond acceptors (Lipinski definition) is 15. The number of hydrogen-bond donors (Lipinski definition) is 2. The molecule has 640 valence electrons. The van der Waals surface area contributed by atoms with Crippen molar-refractivity contribution in [3.05, 3.63) is 159 Å². The molecule has 5 aromatic heterocycles. The topological polar surface area (TPSA) is 231 Å². The Hall–Kier alpha value is -11.9. The van der Waals surface area contributed by atoms with E-state index in [4.69, 9.17) is 76.0 Å². The molecule has 6 aliphatic heterocycles. The Bertz CT molecular complexity index is 4650. The maximum atomic E-state index is 11.3. The molecule has 0 bridgehead atoms. The number of oxazole rings is 1. The summed E-state index contributed by atoms with van der Waals surface area (Å²) in [4.78, 5) is 51.9. The lowest BCUT2D eigenvalue weighted by molar-refractivity contribution is -0.146. The van der Waals surface area contributed by atoms with Crippen LogP contribution < -0.4 is 0 Å². The minimum atomic E-state index is -0.204. The molecule has 11 heterocycles. The summed E-state index contributed by atoms with van der Waals surface area (Å²) >= 11 is 0. The third-order valence-electron chi connectivity index (χ3n) is 17.8. The van der Waals surface area contributed by atoms with Gasteiger partial charge in [0, 0.05) is 93.7 Å². The fourth-order valence-electron chi connectivity index (χ4n) is 10.3. The molecule has 1 amide bonds. The van der Waals surface area contributed by atoms with E-state index in [1.54, 1.807) is 24.8 Å². The van der Waals surface area contributed by atoms with Gasteiger partial charge in [-0.25, -0.2) is 19.8 Å². The number of aliphatic imine (C=N–C) groups is 4. The van der Waals surface area contributed by atoms with Gasteiger partial charge in [-0.15, -0.1) is 57.8 Å². The van der Waals surface area contributed by atoms with Gasteiger partial charge in [-0.3, -0.25) is 24.9 Å². The average Bonchev–Trinajstić information content (AvgIpc) is 1.67. The highest BCUT2D eigenvalue weighted by Gasteiger charge is 2.29. The number of aromatic amines is 2. The average molecular weight is 1630 g/mol. The first kappa shape index (κ1) is 106. The van der Waals surface area contributed by atoms with Gasteiger partial charge in [0.2, 0.25) is 5.91 Å². The van der Waals surface area contributed by atoms with Crippen molar-refractivity contribution in [2.24, 2.45) is 47.5 Å². The van der Waals surface area contributed by atoms with Crippen molar-refractivity contribution < 1.29 is 27.8 Å². The molecule has 0 saturated carbocycles. The van der Waals surface area contributed by atoms with Crippen LogP contribution >= 0.6 is 0 Å². The van der Waals surface area contributed by atoms with Crippen molar-refractivity contribution in [2.45, 2.75) is 280 Å². The summed E-state index contributed by atoms with van der Waals surface area (Å²) in [6.45, 7) is 70.4. The van der Waals surface area contributed by atoms with E-state index < -0.39 is 0 Å². The van der Waals surface area contributed by atoms with Gasteiger partial charge in [-0.05, 0) is 101 Å². The quantitative estimate of drug-likeness (QED) is 0.0910. The fraction of sp³-hybridized carbons (Fsp3) is 0.500. The zero-order chi connectivity index (χ0) is 92.4. The van der Waals surface area contributed by atoms with Gasteiger partial charge in [0.15, 0.2) is 17.2 Å². The van der Waals surface area contributed by atoms with E-state index in [1.807, 2.05) is 56.0 Å². The van der Waals surface area contributed by atoms with Crippen LogP contribution in [0.25, 0.3) is 0 Å². The van der Waals surface area contributed by atoms with Crippen molar-refractivity contribution in [1.82, 2.24) is 40.4 Å². The van der Waals surface area contributed by atoms with Gasteiger partial charge in [0.1, 0.15) is 47.2 Å². The maximum absolute atomic E-state index is 11.3. The molecule has 5 aromatic rings. The Balaban J connectivity index is 0.000000660. The highest BCUT2D eigenvalue weighted by atomic mass is 16.5. The SMILES string of the molecule is C#CC1=NC(C(C)(C)C)=CC1.C#CC1=NCC(C(C)(C)C)=C1.C#CC1=NCC=C1C(C)(C)C.C#CC1=NCC=C1C(C)(C)C.C#Cc1cc(C(C)(C)C)n[nH]1.C#Cc1cc(C(C)(C)C)on1.C#Cc1nc(C(C)(C)C)co1.C#Cc1ncc(C(C)(C)C)[nH]1.C#Cc1nocc1C(C)(C)C.CC(C)(C)N1CC=CCC1=O.CC(C)C1CC=CC(=O)O1. The molecule has 2 N–H and O–H groups in total. The summed E-state index contributed by atoms with van der Waals surface area (Å²) in [5.41, 5.74) is 14.8. The molecule has 11 rings (SSSR count). The van der Waals surface area contributed by atoms with Crippen molar-refractivity contribution in [2.75, 3.05) is 26.2 Å². The maximum Gasteiger partial charge on any atom is 0.330 e. The van der Waals surface area contributed by atoms with Crippen molar-refractivity contribution >= 4 is 34.7 Å². The minimum absolute atomic E-state index is 0.0118. The summed E-state index contributed by atoms with van der Waals surface area (Å²) < 4.78 is 19.8. The molecule has 1 unspecified atom stereocenters. The van der Waals surface area contributed by atoms with E-state index in [0.29, 0.717) is 35.4 Å². The number of H-pyrrole nitrogens is 2. The Morgan fingerprint density at radius 2 is 1.12 bits per heavy atom. The van der Waals surface area contributed by atoms with E-state index in [0.717, 1.165) is 102 Å². The first-order valence-corrected chi connectivity index (χ1v) is 40.2. The van der Waals surface area contributed by atoms with Gasteiger partial charge in [0.05, 0.1) is 36.7 Å². The first-order chi connectivity index (χ1) is 55.1. The van der Waals surface area contributed by atoms with Gasteiger partial charge in [-0.1, -0.05) is 277 Å². The third kappa shape index (κ3) is 38.3.